The largest absolute Gasteiger partial charge is 0.497 e. The second-order valence-corrected chi connectivity index (χ2v) is 5.17. The van der Waals surface area contributed by atoms with Crippen molar-refractivity contribution in [2.75, 3.05) is 13.7 Å². The van der Waals surface area contributed by atoms with E-state index in [0.717, 1.165) is 12.5 Å². The molecule has 0 saturated carbocycles. The summed E-state index contributed by atoms with van der Waals surface area (Å²) in [7, 11) is 1.34. The van der Waals surface area contributed by atoms with Crippen molar-refractivity contribution in [1.82, 2.24) is 10.6 Å². The van der Waals surface area contributed by atoms with Crippen LogP contribution >= 0.6 is 24.0 Å². The zero-order valence-corrected chi connectivity index (χ0v) is 16.7. The number of hydrogen-bond acceptors (Lipinski definition) is 2. The first-order valence-corrected chi connectivity index (χ1v) is 7.60. The Hall–Kier alpha value is -1.19. The van der Waals surface area contributed by atoms with Gasteiger partial charge in [0.05, 0.1) is 19.2 Å². The molecule has 0 saturated heterocycles. The number of nitrogens with zero attached hydrogens (tertiary/aromatic N) is 1. The highest BCUT2D eigenvalue weighted by Crippen LogP contribution is 2.34. The molecular weight excluding hydrogens is 434 g/mol. The summed E-state index contributed by atoms with van der Waals surface area (Å²) in [6.07, 6.45) is -3.55. The Morgan fingerprint density at radius 1 is 1.29 bits per heavy atom. The second kappa shape index (κ2) is 10.6. The standard InChI is InChI=1S/C16H24F3N3O.HI/c1-5-11(3)22-15(20-6-2)21-10-12-7-8-13(23-4)9-14(12)16(17,18)19;/h7-9,11H,5-6,10H2,1-4H3,(H2,20,21,22);1H. The summed E-state index contributed by atoms with van der Waals surface area (Å²) < 4.78 is 44.4. The Labute approximate surface area is 158 Å². The van der Waals surface area contributed by atoms with E-state index >= 15 is 0 Å². The molecule has 138 valence electrons. The van der Waals surface area contributed by atoms with Gasteiger partial charge in [-0.25, -0.2) is 4.99 Å². The van der Waals surface area contributed by atoms with Crippen LogP contribution in [-0.2, 0) is 12.7 Å². The third-order valence-electron chi connectivity index (χ3n) is 3.37. The van der Waals surface area contributed by atoms with Gasteiger partial charge >= 0.3 is 6.18 Å². The molecule has 0 spiro atoms. The first-order valence-electron chi connectivity index (χ1n) is 7.60. The van der Waals surface area contributed by atoms with Gasteiger partial charge in [0.1, 0.15) is 5.75 Å². The van der Waals surface area contributed by atoms with Crippen LogP contribution in [0, 0.1) is 0 Å². The maximum atomic E-state index is 13.2. The highest BCUT2D eigenvalue weighted by atomic mass is 127. The van der Waals surface area contributed by atoms with Crippen LogP contribution in [0.1, 0.15) is 38.3 Å². The summed E-state index contributed by atoms with van der Waals surface area (Å²) in [6, 6.07) is 4.10. The Balaban J connectivity index is 0.00000529. The van der Waals surface area contributed by atoms with Crippen molar-refractivity contribution in [2.45, 2.75) is 46.0 Å². The molecule has 0 radical (unpaired) electrons. The van der Waals surface area contributed by atoms with Crippen molar-refractivity contribution in [3.63, 3.8) is 0 Å². The average Bonchev–Trinajstić information content (AvgIpc) is 2.51. The predicted molar refractivity (Wildman–Crippen MR) is 101 cm³/mol. The van der Waals surface area contributed by atoms with Gasteiger partial charge < -0.3 is 15.4 Å². The molecule has 8 heteroatoms. The van der Waals surface area contributed by atoms with Crippen LogP contribution in [-0.4, -0.2) is 25.7 Å². The van der Waals surface area contributed by atoms with Gasteiger partial charge in [-0.2, -0.15) is 13.2 Å². The molecule has 4 nitrogen and oxygen atoms in total. The van der Waals surface area contributed by atoms with Gasteiger partial charge in [0.25, 0.3) is 0 Å². The summed E-state index contributed by atoms with van der Waals surface area (Å²) in [5.74, 6) is 0.681. The molecule has 2 N–H and O–H groups in total. The number of rotatable bonds is 6. The Kier molecular flexibility index (Phi) is 10.1. The molecule has 1 rings (SSSR count). The van der Waals surface area contributed by atoms with E-state index in [0.29, 0.717) is 12.5 Å². The number of methoxy groups -OCH3 is 1. The number of guanidine groups is 1. The van der Waals surface area contributed by atoms with Crippen molar-refractivity contribution in [3.8, 4) is 5.75 Å². The lowest BCUT2D eigenvalue weighted by Gasteiger charge is -2.17. The number of nitrogens with one attached hydrogen (secondary N) is 2. The Morgan fingerprint density at radius 3 is 2.46 bits per heavy atom. The second-order valence-electron chi connectivity index (χ2n) is 5.17. The Morgan fingerprint density at radius 2 is 1.96 bits per heavy atom. The third-order valence-corrected chi connectivity index (χ3v) is 3.37. The molecule has 0 amide bonds. The maximum Gasteiger partial charge on any atom is 0.416 e. The molecule has 1 aromatic rings. The molecule has 1 atom stereocenters. The molecule has 0 aromatic heterocycles. The first kappa shape index (κ1) is 22.8. The zero-order valence-electron chi connectivity index (χ0n) is 14.3. The smallest absolute Gasteiger partial charge is 0.416 e. The number of aliphatic imine (C=N–C) groups is 1. The van der Waals surface area contributed by atoms with E-state index in [1.165, 1.54) is 19.2 Å². The number of benzene rings is 1. The fourth-order valence-electron chi connectivity index (χ4n) is 1.90. The number of ether oxygens (including phenoxy) is 1. The summed E-state index contributed by atoms with van der Waals surface area (Å²) in [5, 5.41) is 6.18. The van der Waals surface area contributed by atoms with Gasteiger partial charge in [-0.3, -0.25) is 0 Å². The van der Waals surface area contributed by atoms with Gasteiger partial charge in [0, 0.05) is 12.6 Å². The maximum absolute atomic E-state index is 13.2. The van der Waals surface area contributed by atoms with Gasteiger partial charge in [-0.1, -0.05) is 13.0 Å². The lowest BCUT2D eigenvalue weighted by molar-refractivity contribution is -0.138. The van der Waals surface area contributed by atoms with Crippen molar-refractivity contribution in [1.29, 1.82) is 0 Å². The molecule has 24 heavy (non-hydrogen) atoms. The molecule has 0 aliphatic rings. The predicted octanol–water partition coefficient (Wildman–Crippen LogP) is 4.19. The molecule has 0 fully saturated rings. The van der Waals surface area contributed by atoms with Crippen molar-refractivity contribution in [2.24, 2.45) is 4.99 Å². The number of alkyl halides is 3. The van der Waals surface area contributed by atoms with Gasteiger partial charge in [0.2, 0.25) is 0 Å². The fraction of sp³-hybridized carbons (Fsp3) is 0.562. The highest BCUT2D eigenvalue weighted by Gasteiger charge is 2.33. The van der Waals surface area contributed by atoms with Crippen LogP contribution in [0.5, 0.6) is 5.75 Å². The van der Waals surface area contributed by atoms with Gasteiger partial charge in [-0.05, 0) is 38.0 Å². The molecular formula is C16H25F3IN3O. The third kappa shape index (κ3) is 7.14. The van der Waals surface area contributed by atoms with Crippen molar-refractivity contribution >= 4 is 29.9 Å². The van der Waals surface area contributed by atoms with E-state index in [-0.39, 0.29) is 47.9 Å². The number of halogens is 4. The normalized spacial score (nSPS) is 13.0. The molecule has 1 unspecified atom stereocenters. The molecule has 0 heterocycles. The first-order chi connectivity index (χ1) is 10.8. The van der Waals surface area contributed by atoms with E-state index in [9.17, 15) is 13.2 Å². The summed E-state index contributed by atoms with van der Waals surface area (Å²) in [5.41, 5.74) is -0.611. The minimum absolute atomic E-state index is 0. The monoisotopic (exact) mass is 459 g/mol. The average molecular weight is 459 g/mol. The lowest BCUT2D eigenvalue weighted by Crippen LogP contribution is -2.42. The van der Waals surface area contributed by atoms with Crippen LogP contribution in [0.15, 0.2) is 23.2 Å². The van der Waals surface area contributed by atoms with Crippen molar-refractivity contribution in [3.05, 3.63) is 29.3 Å². The van der Waals surface area contributed by atoms with Crippen molar-refractivity contribution < 1.29 is 17.9 Å². The summed E-state index contributed by atoms with van der Waals surface area (Å²) >= 11 is 0. The topological polar surface area (TPSA) is 45.7 Å². The zero-order chi connectivity index (χ0) is 17.5. The van der Waals surface area contributed by atoms with Gasteiger partial charge in [-0.15, -0.1) is 24.0 Å². The van der Waals surface area contributed by atoms with Crippen LogP contribution in [0.4, 0.5) is 13.2 Å². The molecule has 0 bridgehead atoms. The quantitative estimate of drug-likeness (QED) is 0.381. The molecule has 0 aliphatic heterocycles. The van der Waals surface area contributed by atoms with Crippen LogP contribution in [0.3, 0.4) is 0 Å². The minimum Gasteiger partial charge on any atom is -0.497 e. The SMILES string of the molecule is CCNC(=NCc1ccc(OC)cc1C(F)(F)F)NC(C)CC.I. The fourth-order valence-corrected chi connectivity index (χ4v) is 1.90. The van der Waals surface area contributed by atoms with E-state index in [1.807, 2.05) is 20.8 Å². The molecule has 0 aliphatic carbocycles. The van der Waals surface area contributed by atoms with E-state index in [1.54, 1.807) is 0 Å². The lowest BCUT2D eigenvalue weighted by atomic mass is 10.1. The summed E-state index contributed by atoms with van der Waals surface area (Å²) in [6.45, 7) is 6.48. The summed E-state index contributed by atoms with van der Waals surface area (Å²) in [4.78, 5) is 4.25. The Bertz CT molecular complexity index is 536. The molecule has 1 aromatic carbocycles. The van der Waals surface area contributed by atoms with E-state index in [2.05, 4.69) is 15.6 Å². The van der Waals surface area contributed by atoms with Crippen LogP contribution in [0.2, 0.25) is 0 Å². The van der Waals surface area contributed by atoms with Crippen LogP contribution in [0.25, 0.3) is 0 Å². The van der Waals surface area contributed by atoms with Crippen LogP contribution < -0.4 is 15.4 Å². The highest BCUT2D eigenvalue weighted by molar-refractivity contribution is 14.0. The minimum atomic E-state index is -4.44. The number of hydrogen-bond donors (Lipinski definition) is 2. The van der Waals surface area contributed by atoms with Gasteiger partial charge in [0.15, 0.2) is 5.96 Å². The van der Waals surface area contributed by atoms with E-state index < -0.39 is 11.7 Å². The van der Waals surface area contributed by atoms with E-state index in [4.69, 9.17) is 4.74 Å².